The van der Waals surface area contributed by atoms with Gasteiger partial charge in [-0.05, 0) is 36.6 Å². The van der Waals surface area contributed by atoms with Gasteiger partial charge in [-0.2, -0.15) is 0 Å². The summed E-state index contributed by atoms with van der Waals surface area (Å²) in [6, 6.07) is 7.68. The Morgan fingerprint density at radius 3 is 2.45 bits per heavy atom. The van der Waals surface area contributed by atoms with E-state index < -0.39 is 0 Å². The lowest BCUT2D eigenvalue weighted by atomic mass is 10.2. The maximum atomic E-state index is 5.71. The predicted molar refractivity (Wildman–Crippen MR) is 79.9 cm³/mol. The van der Waals surface area contributed by atoms with E-state index in [-0.39, 0.29) is 0 Å². The summed E-state index contributed by atoms with van der Waals surface area (Å²) >= 11 is 5.71. The Hall–Kier alpha value is -2.05. The summed E-state index contributed by atoms with van der Waals surface area (Å²) in [5.74, 6) is 7.21. The highest BCUT2D eigenvalue weighted by molar-refractivity contribution is 6.30. The van der Waals surface area contributed by atoms with Crippen LogP contribution in [0, 0.1) is 11.8 Å². The molecule has 0 bridgehead atoms. The molecule has 0 atom stereocenters. The maximum absolute atomic E-state index is 5.71. The number of halogens is 1. The lowest BCUT2D eigenvalue weighted by molar-refractivity contribution is 0.309. The van der Waals surface area contributed by atoms with Gasteiger partial charge in [0.2, 0.25) is 5.82 Å². The highest BCUT2D eigenvalue weighted by Gasteiger charge is 1.94. The van der Waals surface area contributed by atoms with Crippen molar-refractivity contribution < 1.29 is 4.74 Å². The van der Waals surface area contributed by atoms with Gasteiger partial charge in [-0.15, -0.1) is 0 Å². The van der Waals surface area contributed by atoms with E-state index in [1.807, 2.05) is 24.3 Å². The van der Waals surface area contributed by atoms with Crippen molar-refractivity contribution in [2.24, 2.45) is 0 Å². The van der Waals surface area contributed by atoms with E-state index >= 15 is 0 Å². The topological polar surface area (TPSA) is 35.0 Å². The summed E-state index contributed by atoms with van der Waals surface area (Å²) in [5.41, 5.74) is 0.895. The fourth-order valence-electron chi connectivity index (χ4n) is 1.47. The molecule has 1 aromatic heterocycles. The zero-order chi connectivity index (χ0) is 14.2. The van der Waals surface area contributed by atoms with E-state index in [1.54, 1.807) is 0 Å². The van der Waals surface area contributed by atoms with Crippen LogP contribution in [0.25, 0.3) is 0 Å². The smallest absolute Gasteiger partial charge is 0.205 e. The van der Waals surface area contributed by atoms with Crippen LogP contribution in [-0.2, 0) is 0 Å². The van der Waals surface area contributed by atoms with Crippen LogP contribution in [-0.4, -0.2) is 16.6 Å². The first-order valence-corrected chi connectivity index (χ1v) is 6.88. The van der Waals surface area contributed by atoms with E-state index in [4.69, 9.17) is 16.3 Å². The fraction of sp³-hybridized carbons (Fsp3) is 0.250. The molecule has 0 fully saturated rings. The molecule has 20 heavy (non-hydrogen) atoms. The molecule has 0 saturated carbocycles. The molecule has 0 spiro atoms. The SMILES string of the molecule is CCCCOc1ccc(C#Cc2ncc(Cl)cn2)cc1. The van der Waals surface area contributed by atoms with Crippen LogP contribution in [0.1, 0.15) is 31.2 Å². The zero-order valence-corrected chi connectivity index (χ0v) is 12.0. The molecule has 4 heteroatoms. The zero-order valence-electron chi connectivity index (χ0n) is 11.3. The number of benzene rings is 1. The minimum Gasteiger partial charge on any atom is -0.494 e. The van der Waals surface area contributed by atoms with Gasteiger partial charge in [-0.25, -0.2) is 9.97 Å². The normalized spacial score (nSPS) is 9.70. The molecule has 102 valence electrons. The largest absolute Gasteiger partial charge is 0.494 e. The first-order valence-electron chi connectivity index (χ1n) is 6.50. The lowest BCUT2D eigenvalue weighted by Gasteiger charge is -2.04. The molecule has 1 heterocycles. The van der Waals surface area contributed by atoms with Crippen molar-refractivity contribution in [3.63, 3.8) is 0 Å². The fourth-order valence-corrected chi connectivity index (χ4v) is 1.57. The highest BCUT2D eigenvalue weighted by atomic mass is 35.5. The van der Waals surface area contributed by atoms with Gasteiger partial charge >= 0.3 is 0 Å². The van der Waals surface area contributed by atoms with E-state index in [0.717, 1.165) is 30.8 Å². The second-order valence-electron chi connectivity index (χ2n) is 4.20. The highest BCUT2D eigenvalue weighted by Crippen LogP contribution is 2.12. The first-order chi connectivity index (χ1) is 9.78. The Morgan fingerprint density at radius 2 is 1.80 bits per heavy atom. The summed E-state index contributed by atoms with van der Waals surface area (Å²) in [6.07, 6.45) is 5.26. The maximum Gasteiger partial charge on any atom is 0.205 e. The molecule has 1 aromatic carbocycles. The molecule has 2 rings (SSSR count). The monoisotopic (exact) mass is 286 g/mol. The number of hydrogen-bond donors (Lipinski definition) is 0. The van der Waals surface area contributed by atoms with Crippen molar-refractivity contribution in [3.05, 3.63) is 53.1 Å². The van der Waals surface area contributed by atoms with Crippen molar-refractivity contribution in [1.29, 1.82) is 0 Å². The minimum atomic E-state index is 0.456. The van der Waals surface area contributed by atoms with Gasteiger partial charge in [-0.1, -0.05) is 30.9 Å². The number of rotatable bonds is 4. The van der Waals surface area contributed by atoms with Crippen LogP contribution in [0.4, 0.5) is 0 Å². The summed E-state index contributed by atoms with van der Waals surface area (Å²) in [7, 11) is 0. The van der Waals surface area contributed by atoms with Crippen LogP contribution in [0.3, 0.4) is 0 Å². The average molecular weight is 287 g/mol. The molecule has 0 aliphatic heterocycles. The average Bonchev–Trinajstić information content (AvgIpc) is 2.48. The number of ether oxygens (including phenoxy) is 1. The molecule has 0 aliphatic rings. The third kappa shape index (κ3) is 4.56. The van der Waals surface area contributed by atoms with Crippen LogP contribution < -0.4 is 4.74 Å². The third-order valence-corrected chi connectivity index (χ3v) is 2.76. The molecule has 0 N–H and O–H groups in total. The van der Waals surface area contributed by atoms with Gasteiger partial charge < -0.3 is 4.74 Å². The number of aromatic nitrogens is 2. The van der Waals surface area contributed by atoms with E-state index in [1.165, 1.54) is 12.4 Å². The Labute approximate surface area is 124 Å². The van der Waals surface area contributed by atoms with Crippen molar-refractivity contribution in [1.82, 2.24) is 9.97 Å². The standard InChI is InChI=1S/C16H15ClN2O/c1-2-3-10-20-15-7-4-13(5-8-15)6-9-16-18-11-14(17)12-19-16/h4-5,7-8,11-12H,2-3,10H2,1H3. The van der Waals surface area contributed by atoms with Crippen LogP contribution >= 0.6 is 11.6 Å². The number of hydrogen-bond acceptors (Lipinski definition) is 3. The predicted octanol–water partition coefficient (Wildman–Crippen LogP) is 3.71. The van der Waals surface area contributed by atoms with Crippen molar-refractivity contribution in [2.45, 2.75) is 19.8 Å². The van der Waals surface area contributed by atoms with E-state index in [2.05, 4.69) is 28.7 Å². The molecular weight excluding hydrogens is 272 g/mol. The molecule has 0 unspecified atom stereocenters. The molecule has 0 saturated heterocycles. The Balaban J connectivity index is 1.98. The Morgan fingerprint density at radius 1 is 1.10 bits per heavy atom. The molecule has 2 aromatic rings. The van der Waals surface area contributed by atoms with Crippen LogP contribution in [0.15, 0.2) is 36.7 Å². The molecule has 3 nitrogen and oxygen atoms in total. The molecule has 0 aliphatic carbocycles. The van der Waals surface area contributed by atoms with E-state index in [0.29, 0.717) is 10.8 Å². The van der Waals surface area contributed by atoms with Gasteiger partial charge in [0.15, 0.2) is 0 Å². The summed E-state index contributed by atoms with van der Waals surface area (Å²) in [5, 5.41) is 0.504. The van der Waals surface area contributed by atoms with E-state index in [9.17, 15) is 0 Å². The van der Waals surface area contributed by atoms with Crippen molar-refractivity contribution in [2.75, 3.05) is 6.61 Å². The minimum absolute atomic E-state index is 0.456. The second kappa shape index (κ2) is 7.52. The summed E-state index contributed by atoms with van der Waals surface area (Å²) < 4.78 is 5.59. The van der Waals surface area contributed by atoms with Crippen molar-refractivity contribution in [3.8, 4) is 17.6 Å². The van der Waals surface area contributed by atoms with Gasteiger partial charge in [0, 0.05) is 5.56 Å². The Bertz CT molecular complexity index is 597. The quantitative estimate of drug-likeness (QED) is 0.635. The molecule has 0 amide bonds. The first kappa shape index (κ1) is 14.4. The molecule has 0 radical (unpaired) electrons. The Kier molecular flexibility index (Phi) is 5.40. The van der Waals surface area contributed by atoms with Crippen molar-refractivity contribution >= 4 is 11.6 Å². The summed E-state index contributed by atoms with van der Waals surface area (Å²) in [6.45, 7) is 2.89. The van der Waals surface area contributed by atoms with Crippen LogP contribution in [0.5, 0.6) is 5.75 Å². The second-order valence-corrected chi connectivity index (χ2v) is 4.64. The van der Waals surface area contributed by atoms with Crippen LogP contribution in [0.2, 0.25) is 5.02 Å². The van der Waals surface area contributed by atoms with Gasteiger partial charge in [0.25, 0.3) is 0 Å². The number of unbranched alkanes of at least 4 members (excludes halogenated alkanes) is 1. The summed E-state index contributed by atoms with van der Waals surface area (Å²) in [4.78, 5) is 8.04. The van der Waals surface area contributed by atoms with Gasteiger partial charge in [0.1, 0.15) is 5.75 Å². The third-order valence-electron chi connectivity index (χ3n) is 2.56. The number of nitrogens with zero attached hydrogens (tertiary/aromatic N) is 2. The van der Waals surface area contributed by atoms with Gasteiger partial charge in [0.05, 0.1) is 24.0 Å². The van der Waals surface area contributed by atoms with Gasteiger partial charge in [-0.3, -0.25) is 0 Å². The molecular formula is C16H15ClN2O. The lowest BCUT2D eigenvalue weighted by Crippen LogP contribution is -1.95.